The standard InChI is InChI=1S/C17H28N4O7S/c1-18(4-5-19-8-12-28-13-9-19)29(26,27)17-14-15(21(24)25)2-3-16(17)20(6-10-22)7-11-23/h2-3,14,22-23H,4-13H2,1H3. The number of ether oxygens (including phenoxy) is 1. The molecule has 0 radical (unpaired) electrons. The van der Waals surface area contributed by atoms with Gasteiger partial charge in [-0.2, -0.15) is 4.31 Å². The second-order valence-corrected chi connectivity index (χ2v) is 8.64. The molecule has 1 aromatic rings. The van der Waals surface area contributed by atoms with Crippen molar-refractivity contribution in [1.82, 2.24) is 9.21 Å². The monoisotopic (exact) mass is 432 g/mol. The van der Waals surface area contributed by atoms with E-state index < -0.39 is 14.9 Å². The first kappa shape index (κ1) is 23.4. The Hall–Kier alpha value is -1.83. The third kappa shape index (κ3) is 6.07. The summed E-state index contributed by atoms with van der Waals surface area (Å²) in [5, 5.41) is 29.8. The molecule has 1 aromatic carbocycles. The van der Waals surface area contributed by atoms with Crippen LogP contribution in [0.1, 0.15) is 0 Å². The van der Waals surface area contributed by atoms with Crippen molar-refractivity contribution in [3.8, 4) is 0 Å². The molecule has 1 aliphatic heterocycles. The number of nitrogens with zero attached hydrogens (tertiary/aromatic N) is 4. The number of rotatable bonds is 11. The first-order valence-corrected chi connectivity index (χ1v) is 10.8. The minimum absolute atomic E-state index is 0.0817. The van der Waals surface area contributed by atoms with E-state index in [0.29, 0.717) is 19.8 Å². The van der Waals surface area contributed by atoms with Crippen molar-refractivity contribution in [2.45, 2.75) is 4.90 Å². The lowest BCUT2D eigenvalue weighted by molar-refractivity contribution is -0.385. The number of anilines is 1. The summed E-state index contributed by atoms with van der Waals surface area (Å²) in [4.78, 5) is 13.9. The van der Waals surface area contributed by atoms with Gasteiger partial charge in [0.15, 0.2) is 0 Å². The number of hydrogen-bond acceptors (Lipinski definition) is 9. The van der Waals surface area contributed by atoms with Crippen molar-refractivity contribution in [2.75, 3.05) is 77.6 Å². The third-order valence-corrected chi connectivity index (χ3v) is 6.64. The van der Waals surface area contributed by atoms with Gasteiger partial charge < -0.3 is 19.8 Å². The molecular weight excluding hydrogens is 404 g/mol. The Labute approximate surface area is 170 Å². The largest absolute Gasteiger partial charge is 0.395 e. The van der Waals surface area contributed by atoms with Gasteiger partial charge in [0.2, 0.25) is 10.0 Å². The van der Waals surface area contributed by atoms with Crippen molar-refractivity contribution >= 4 is 21.4 Å². The minimum Gasteiger partial charge on any atom is -0.395 e. The fourth-order valence-electron chi connectivity index (χ4n) is 3.07. The molecule has 0 atom stereocenters. The van der Waals surface area contributed by atoms with E-state index in [-0.39, 0.29) is 49.1 Å². The lowest BCUT2D eigenvalue weighted by Gasteiger charge is -2.29. The van der Waals surface area contributed by atoms with Gasteiger partial charge in [-0.25, -0.2) is 8.42 Å². The molecule has 11 nitrogen and oxygen atoms in total. The van der Waals surface area contributed by atoms with Crippen molar-refractivity contribution in [2.24, 2.45) is 0 Å². The maximum atomic E-state index is 13.2. The highest BCUT2D eigenvalue weighted by Crippen LogP contribution is 2.31. The van der Waals surface area contributed by atoms with Crippen LogP contribution in [-0.2, 0) is 14.8 Å². The number of non-ortho nitro benzene ring substituents is 1. The summed E-state index contributed by atoms with van der Waals surface area (Å²) >= 11 is 0. The van der Waals surface area contributed by atoms with Gasteiger partial charge in [-0.1, -0.05) is 0 Å². The normalized spacial score (nSPS) is 15.6. The summed E-state index contributed by atoms with van der Waals surface area (Å²) in [6.07, 6.45) is 0. The first-order chi connectivity index (χ1) is 13.8. The second-order valence-electron chi connectivity index (χ2n) is 6.62. The van der Waals surface area contributed by atoms with Gasteiger partial charge in [0.1, 0.15) is 4.90 Å². The van der Waals surface area contributed by atoms with Gasteiger partial charge in [-0.15, -0.1) is 0 Å². The molecule has 164 valence electrons. The molecule has 0 amide bonds. The van der Waals surface area contributed by atoms with Gasteiger partial charge >= 0.3 is 0 Å². The maximum Gasteiger partial charge on any atom is 0.270 e. The predicted octanol–water partition coefficient (Wildman–Crippen LogP) is -0.661. The number of benzene rings is 1. The smallest absolute Gasteiger partial charge is 0.270 e. The van der Waals surface area contributed by atoms with Crippen LogP contribution < -0.4 is 4.90 Å². The van der Waals surface area contributed by atoms with Crippen LogP contribution in [0.3, 0.4) is 0 Å². The summed E-state index contributed by atoms with van der Waals surface area (Å²) in [5.74, 6) is 0. The van der Waals surface area contributed by atoms with Crippen molar-refractivity contribution in [3.05, 3.63) is 28.3 Å². The van der Waals surface area contributed by atoms with E-state index in [0.717, 1.165) is 19.2 Å². The Morgan fingerprint density at radius 3 is 2.34 bits per heavy atom. The minimum atomic E-state index is -4.04. The lowest BCUT2D eigenvalue weighted by atomic mass is 10.2. The first-order valence-electron chi connectivity index (χ1n) is 9.32. The zero-order valence-corrected chi connectivity index (χ0v) is 17.3. The molecule has 0 aromatic heterocycles. The second kappa shape index (κ2) is 10.8. The molecule has 2 N–H and O–H groups in total. The molecule has 1 heterocycles. The molecule has 0 aliphatic carbocycles. The highest BCUT2D eigenvalue weighted by atomic mass is 32.2. The van der Waals surface area contributed by atoms with Gasteiger partial charge in [0.25, 0.3) is 5.69 Å². The molecule has 12 heteroatoms. The van der Waals surface area contributed by atoms with E-state index >= 15 is 0 Å². The highest BCUT2D eigenvalue weighted by molar-refractivity contribution is 7.89. The van der Waals surface area contributed by atoms with Gasteiger partial charge in [-0.05, 0) is 6.07 Å². The number of aliphatic hydroxyl groups is 2. The average Bonchev–Trinajstić information content (AvgIpc) is 2.72. The lowest BCUT2D eigenvalue weighted by Crippen LogP contribution is -2.42. The van der Waals surface area contributed by atoms with E-state index in [1.807, 2.05) is 0 Å². The molecule has 1 fully saturated rings. The van der Waals surface area contributed by atoms with Crippen molar-refractivity contribution in [1.29, 1.82) is 0 Å². The van der Waals surface area contributed by atoms with Crippen molar-refractivity contribution < 1.29 is 28.3 Å². The summed E-state index contributed by atoms with van der Waals surface area (Å²) in [7, 11) is -2.61. The number of nitro groups is 1. The number of hydrogen-bond donors (Lipinski definition) is 2. The number of morpholine rings is 1. The van der Waals surface area contributed by atoms with Crippen LogP contribution in [0, 0.1) is 10.1 Å². The van der Waals surface area contributed by atoms with E-state index in [1.54, 1.807) is 0 Å². The Bertz CT molecular complexity index is 778. The van der Waals surface area contributed by atoms with Gasteiger partial charge in [0.05, 0.1) is 37.0 Å². The van der Waals surface area contributed by atoms with Crippen LogP contribution in [0.2, 0.25) is 0 Å². The molecule has 1 aliphatic rings. The summed E-state index contributed by atoms with van der Waals surface area (Å²) in [5.41, 5.74) is -0.140. The molecule has 0 saturated carbocycles. The highest BCUT2D eigenvalue weighted by Gasteiger charge is 2.29. The number of aliphatic hydroxyl groups excluding tert-OH is 2. The molecular formula is C17H28N4O7S. The quantitative estimate of drug-likeness (QED) is 0.345. The Morgan fingerprint density at radius 2 is 1.79 bits per heavy atom. The predicted molar refractivity (Wildman–Crippen MR) is 107 cm³/mol. The SMILES string of the molecule is CN(CCN1CCOCC1)S(=O)(=O)c1cc([N+](=O)[O-])ccc1N(CCO)CCO. The Balaban J connectivity index is 2.33. The Morgan fingerprint density at radius 1 is 1.17 bits per heavy atom. The van der Waals surface area contributed by atoms with E-state index in [4.69, 9.17) is 4.74 Å². The van der Waals surface area contributed by atoms with E-state index in [9.17, 15) is 28.7 Å². The molecule has 0 spiro atoms. The van der Waals surface area contributed by atoms with Crippen LogP contribution >= 0.6 is 0 Å². The van der Waals surface area contributed by atoms with Crippen LogP contribution in [0.5, 0.6) is 0 Å². The average molecular weight is 432 g/mol. The van der Waals surface area contributed by atoms with Gasteiger partial charge in [0, 0.05) is 58.4 Å². The summed E-state index contributed by atoms with van der Waals surface area (Å²) in [6.45, 7) is 3.01. The molecule has 1 saturated heterocycles. The van der Waals surface area contributed by atoms with E-state index in [1.165, 1.54) is 28.4 Å². The molecule has 0 unspecified atom stereocenters. The topological polar surface area (TPSA) is 137 Å². The summed E-state index contributed by atoms with van der Waals surface area (Å²) < 4.78 is 32.9. The number of nitro benzene ring substituents is 1. The van der Waals surface area contributed by atoms with Crippen LogP contribution in [0.15, 0.2) is 23.1 Å². The number of likely N-dealkylation sites (N-methyl/N-ethyl adjacent to an activating group) is 1. The molecule has 0 bridgehead atoms. The fraction of sp³-hybridized carbons (Fsp3) is 0.647. The molecule has 29 heavy (non-hydrogen) atoms. The van der Waals surface area contributed by atoms with Crippen molar-refractivity contribution in [3.63, 3.8) is 0 Å². The summed E-state index contributed by atoms with van der Waals surface area (Å²) in [6, 6.07) is 3.58. The van der Waals surface area contributed by atoms with E-state index in [2.05, 4.69) is 4.90 Å². The van der Waals surface area contributed by atoms with Crippen LogP contribution in [0.25, 0.3) is 0 Å². The fourth-order valence-corrected chi connectivity index (χ4v) is 4.46. The van der Waals surface area contributed by atoms with Crippen LogP contribution in [0.4, 0.5) is 11.4 Å². The van der Waals surface area contributed by atoms with Gasteiger partial charge in [-0.3, -0.25) is 15.0 Å². The number of sulfonamides is 1. The zero-order chi connectivity index (χ0) is 21.4. The third-order valence-electron chi connectivity index (χ3n) is 4.76. The zero-order valence-electron chi connectivity index (χ0n) is 16.4. The Kier molecular flexibility index (Phi) is 8.74. The maximum absolute atomic E-state index is 13.2. The van der Waals surface area contributed by atoms with Crippen LogP contribution in [-0.4, -0.2) is 106 Å². The molecule has 2 rings (SSSR count).